The van der Waals surface area contributed by atoms with Crippen LogP contribution in [0.1, 0.15) is 99.3 Å². The van der Waals surface area contributed by atoms with E-state index in [-0.39, 0.29) is 5.41 Å². The van der Waals surface area contributed by atoms with Crippen molar-refractivity contribution in [3.63, 3.8) is 0 Å². The molecule has 1 nitrogen and oxygen atoms in total. The van der Waals surface area contributed by atoms with Crippen LogP contribution < -0.4 is 0 Å². The fourth-order valence-corrected chi connectivity index (χ4v) is 5.72. The summed E-state index contributed by atoms with van der Waals surface area (Å²) in [6.07, 6.45) is 13.6. The largest absolute Gasteiger partial charge is 0.313 e. The third-order valence-corrected chi connectivity index (χ3v) is 6.90. The summed E-state index contributed by atoms with van der Waals surface area (Å²) in [4.78, 5) is 0. The lowest BCUT2D eigenvalue weighted by atomic mass is 9.57. The molecule has 0 radical (unpaired) electrons. The van der Waals surface area contributed by atoms with E-state index in [1.807, 2.05) is 6.21 Å². The number of rotatable bonds is 10. The topological polar surface area (TPSA) is 23.9 Å². The van der Waals surface area contributed by atoms with Gasteiger partial charge in [-0.3, -0.25) is 0 Å². The molecule has 0 spiro atoms. The number of hydrogen-bond donors (Lipinski definition) is 1. The third kappa shape index (κ3) is 5.07. The fourth-order valence-electron chi connectivity index (χ4n) is 5.72. The summed E-state index contributed by atoms with van der Waals surface area (Å²) in [5.74, 6) is 4.36. The molecule has 23 heavy (non-hydrogen) atoms. The van der Waals surface area contributed by atoms with Gasteiger partial charge in [0.05, 0.1) is 0 Å². The molecule has 0 aromatic carbocycles. The van der Waals surface area contributed by atoms with Gasteiger partial charge in [-0.25, -0.2) is 0 Å². The van der Waals surface area contributed by atoms with Crippen LogP contribution in [0.15, 0.2) is 0 Å². The summed E-state index contributed by atoms with van der Waals surface area (Å²) in [6, 6.07) is 0. The Bertz CT molecular complexity index is 335. The number of hydrogen-bond acceptors (Lipinski definition) is 1. The summed E-state index contributed by atoms with van der Waals surface area (Å²) < 4.78 is 0. The highest BCUT2D eigenvalue weighted by Gasteiger charge is 2.42. The lowest BCUT2D eigenvalue weighted by molar-refractivity contribution is 0.0256. The Hall–Kier alpha value is -0.330. The average molecular weight is 322 g/mol. The van der Waals surface area contributed by atoms with Gasteiger partial charge in [-0.15, -0.1) is 0 Å². The van der Waals surface area contributed by atoms with Gasteiger partial charge in [-0.2, -0.15) is 0 Å². The summed E-state index contributed by atoms with van der Waals surface area (Å²) in [5, 5.41) is 8.09. The van der Waals surface area contributed by atoms with Crippen molar-refractivity contribution >= 4 is 6.21 Å². The molecule has 0 saturated heterocycles. The fraction of sp³-hybridized carbons (Fsp3) is 0.955. The first-order valence-electron chi connectivity index (χ1n) is 10.5. The molecule has 1 aliphatic carbocycles. The maximum absolute atomic E-state index is 8.09. The minimum atomic E-state index is 0.169. The Morgan fingerprint density at radius 3 is 2.13 bits per heavy atom. The Labute approximate surface area is 146 Å². The molecule has 1 N–H and O–H groups in total. The second-order valence-corrected chi connectivity index (χ2v) is 8.59. The van der Waals surface area contributed by atoms with Gasteiger partial charge in [0.2, 0.25) is 0 Å². The van der Waals surface area contributed by atoms with Crippen molar-refractivity contribution in [2.24, 2.45) is 35.0 Å². The average Bonchev–Trinajstić information content (AvgIpc) is 2.54. The van der Waals surface area contributed by atoms with Crippen LogP contribution in [-0.2, 0) is 0 Å². The van der Waals surface area contributed by atoms with Gasteiger partial charge in [-0.1, -0.05) is 67.2 Å². The second-order valence-electron chi connectivity index (χ2n) is 8.59. The van der Waals surface area contributed by atoms with Crippen molar-refractivity contribution in [2.75, 3.05) is 0 Å². The minimum absolute atomic E-state index is 0.169. The molecule has 5 atom stereocenters. The highest BCUT2D eigenvalue weighted by atomic mass is 14.5. The van der Waals surface area contributed by atoms with Crippen LogP contribution in [0.3, 0.4) is 0 Å². The Kier molecular flexibility index (Phi) is 8.86. The summed E-state index contributed by atoms with van der Waals surface area (Å²) in [6.45, 7) is 14.2. The van der Waals surface area contributed by atoms with E-state index in [1.54, 1.807) is 0 Å². The van der Waals surface area contributed by atoms with Crippen LogP contribution in [0.5, 0.6) is 0 Å². The molecule has 1 heteroatoms. The van der Waals surface area contributed by atoms with Crippen molar-refractivity contribution in [1.29, 1.82) is 5.41 Å². The monoisotopic (exact) mass is 321 g/mol. The summed E-state index contributed by atoms with van der Waals surface area (Å²) in [7, 11) is 0. The molecule has 0 bridgehead atoms. The number of nitrogens with one attached hydrogen (secondary N) is 1. The molecule has 0 aromatic rings. The lowest BCUT2D eigenvalue weighted by Gasteiger charge is -2.48. The summed E-state index contributed by atoms with van der Waals surface area (Å²) in [5.41, 5.74) is 0.169. The first kappa shape index (κ1) is 20.7. The van der Waals surface area contributed by atoms with Crippen molar-refractivity contribution < 1.29 is 0 Å². The van der Waals surface area contributed by atoms with E-state index >= 15 is 0 Å². The van der Waals surface area contributed by atoms with Gasteiger partial charge in [0.25, 0.3) is 0 Å². The van der Waals surface area contributed by atoms with E-state index in [4.69, 9.17) is 5.41 Å². The van der Waals surface area contributed by atoms with Crippen LogP contribution in [0, 0.1) is 40.4 Å². The maximum atomic E-state index is 8.09. The van der Waals surface area contributed by atoms with Gasteiger partial charge in [0.1, 0.15) is 0 Å². The Morgan fingerprint density at radius 1 is 1.04 bits per heavy atom. The zero-order valence-corrected chi connectivity index (χ0v) is 16.8. The van der Waals surface area contributed by atoms with E-state index in [2.05, 4.69) is 41.5 Å². The predicted molar refractivity (Wildman–Crippen MR) is 104 cm³/mol. The van der Waals surface area contributed by atoms with Crippen molar-refractivity contribution in [3.05, 3.63) is 0 Å². The van der Waals surface area contributed by atoms with E-state index in [9.17, 15) is 0 Å². The van der Waals surface area contributed by atoms with Crippen LogP contribution in [0.4, 0.5) is 0 Å². The molecule has 5 unspecified atom stereocenters. The lowest BCUT2D eigenvalue weighted by Crippen LogP contribution is -2.40. The minimum Gasteiger partial charge on any atom is -0.313 e. The molecular weight excluding hydrogens is 278 g/mol. The molecule has 0 amide bonds. The molecule has 1 rings (SSSR count). The molecule has 0 aliphatic heterocycles. The third-order valence-electron chi connectivity index (χ3n) is 6.90. The van der Waals surface area contributed by atoms with E-state index in [0.29, 0.717) is 0 Å². The Morgan fingerprint density at radius 2 is 1.70 bits per heavy atom. The van der Waals surface area contributed by atoms with Gasteiger partial charge < -0.3 is 5.41 Å². The second kappa shape index (κ2) is 9.84. The smallest absolute Gasteiger partial charge is 0.00496 e. The zero-order chi connectivity index (χ0) is 17.5. The van der Waals surface area contributed by atoms with Gasteiger partial charge in [0.15, 0.2) is 0 Å². The van der Waals surface area contributed by atoms with Crippen LogP contribution >= 0.6 is 0 Å². The van der Waals surface area contributed by atoms with Crippen LogP contribution in [-0.4, -0.2) is 6.21 Å². The zero-order valence-electron chi connectivity index (χ0n) is 16.8. The van der Waals surface area contributed by atoms with Crippen molar-refractivity contribution in [1.82, 2.24) is 0 Å². The first-order valence-corrected chi connectivity index (χ1v) is 10.5. The van der Waals surface area contributed by atoms with Crippen molar-refractivity contribution in [2.45, 2.75) is 99.3 Å². The van der Waals surface area contributed by atoms with Gasteiger partial charge in [0, 0.05) is 11.6 Å². The predicted octanol–water partition coefficient (Wildman–Crippen LogP) is 7.35. The maximum Gasteiger partial charge on any atom is 0.00496 e. The van der Waals surface area contributed by atoms with Gasteiger partial charge >= 0.3 is 0 Å². The molecule has 136 valence electrons. The van der Waals surface area contributed by atoms with Crippen molar-refractivity contribution in [3.8, 4) is 0 Å². The molecule has 1 saturated carbocycles. The van der Waals surface area contributed by atoms with Crippen LogP contribution in [0.25, 0.3) is 0 Å². The van der Waals surface area contributed by atoms with Gasteiger partial charge in [-0.05, 0) is 61.7 Å². The summed E-state index contributed by atoms with van der Waals surface area (Å²) >= 11 is 0. The van der Waals surface area contributed by atoms with E-state index in [1.165, 1.54) is 51.4 Å². The molecule has 1 aliphatic rings. The molecular formula is C22H43N. The molecule has 0 heterocycles. The standard InChI is InChI=1S/C22H43N/c1-7-11-20-18(9-3)12-13-19(21(20)17(5)6)15-22(10-4,16-23)14-8-2/h16-21,23H,7-15H2,1-6H3. The Balaban J connectivity index is 3.01. The highest BCUT2D eigenvalue weighted by molar-refractivity contribution is 5.62. The van der Waals surface area contributed by atoms with E-state index < -0.39 is 0 Å². The highest BCUT2D eigenvalue weighted by Crippen LogP contribution is 2.50. The van der Waals surface area contributed by atoms with Crippen LogP contribution in [0.2, 0.25) is 0 Å². The molecule has 1 fully saturated rings. The normalized spacial score (nSPS) is 31.1. The quantitative estimate of drug-likeness (QED) is 0.407. The molecule has 0 aromatic heterocycles. The SMILES string of the molecule is CCCC1C(CC)CCC(CC(C=N)(CC)CCC)C1C(C)C. The first-order chi connectivity index (χ1) is 11.0. The van der Waals surface area contributed by atoms with E-state index in [0.717, 1.165) is 36.0 Å².